The number of nitrogens with zero attached hydrogens (tertiary/aromatic N) is 3. The van der Waals surface area contributed by atoms with E-state index >= 15 is 0 Å². The zero-order valence-electron chi connectivity index (χ0n) is 11.9. The van der Waals surface area contributed by atoms with E-state index in [1.54, 1.807) is 4.90 Å². The maximum Gasteiger partial charge on any atom is 0.106 e. The van der Waals surface area contributed by atoms with Gasteiger partial charge in [-0.2, -0.15) is 10.5 Å². The summed E-state index contributed by atoms with van der Waals surface area (Å²) >= 11 is 3.46. The summed E-state index contributed by atoms with van der Waals surface area (Å²) < 4.78 is 0.944. The Kier molecular flexibility index (Phi) is 7.08. The van der Waals surface area contributed by atoms with Gasteiger partial charge in [-0.25, -0.2) is 0 Å². The quantitative estimate of drug-likeness (QED) is 0.776. The van der Waals surface area contributed by atoms with Gasteiger partial charge in [-0.3, -0.25) is 0 Å². The Labute approximate surface area is 129 Å². The molecule has 0 saturated carbocycles. The van der Waals surface area contributed by atoms with Crippen LogP contribution in [0.5, 0.6) is 0 Å². The van der Waals surface area contributed by atoms with Crippen LogP contribution in [0.1, 0.15) is 31.9 Å². The molecule has 106 valence electrons. The lowest BCUT2D eigenvalue weighted by atomic mass is 10.0. The molecule has 0 aliphatic carbocycles. The van der Waals surface area contributed by atoms with Gasteiger partial charge in [0, 0.05) is 16.2 Å². The van der Waals surface area contributed by atoms with Gasteiger partial charge in [-0.1, -0.05) is 28.9 Å². The molecule has 0 spiro atoms. The zero-order valence-corrected chi connectivity index (χ0v) is 13.4. The van der Waals surface area contributed by atoms with Crippen molar-refractivity contribution in [1.82, 2.24) is 5.32 Å². The normalized spacial score (nSPS) is 11.4. The summed E-state index contributed by atoms with van der Waals surface area (Å²) in [6, 6.07) is 10.4. The van der Waals surface area contributed by atoms with Crippen LogP contribution >= 0.6 is 15.9 Å². The van der Waals surface area contributed by atoms with E-state index in [1.807, 2.05) is 18.2 Å². The second-order valence-corrected chi connectivity index (χ2v) is 5.47. The van der Waals surface area contributed by atoms with E-state index in [9.17, 15) is 0 Å². The first kappa shape index (κ1) is 16.5. The third-order valence-corrected chi connectivity index (χ3v) is 3.52. The minimum absolute atomic E-state index is 0.179. The molecule has 20 heavy (non-hydrogen) atoms. The molecule has 0 aliphatic heterocycles. The highest BCUT2D eigenvalue weighted by Gasteiger charge is 2.15. The van der Waals surface area contributed by atoms with E-state index in [2.05, 4.69) is 47.2 Å². The molecule has 0 amide bonds. The Balaban J connectivity index is 3.11. The molecule has 4 nitrogen and oxygen atoms in total. The average Bonchev–Trinajstić information content (AvgIpc) is 2.44. The molecule has 1 unspecified atom stereocenters. The van der Waals surface area contributed by atoms with Crippen LogP contribution in [0.15, 0.2) is 22.7 Å². The van der Waals surface area contributed by atoms with Crippen LogP contribution in [0.4, 0.5) is 5.69 Å². The Morgan fingerprint density at radius 2 is 1.95 bits per heavy atom. The van der Waals surface area contributed by atoms with Crippen molar-refractivity contribution in [2.75, 3.05) is 24.5 Å². The predicted octanol–water partition coefficient (Wildman–Crippen LogP) is 3.36. The molecule has 0 aliphatic rings. The number of hydrogen-bond acceptors (Lipinski definition) is 4. The zero-order chi connectivity index (χ0) is 15.0. The summed E-state index contributed by atoms with van der Waals surface area (Å²) in [5, 5.41) is 21.3. The van der Waals surface area contributed by atoms with Gasteiger partial charge in [0.25, 0.3) is 0 Å². The van der Waals surface area contributed by atoms with Gasteiger partial charge in [0.15, 0.2) is 0 Å². The first-order valence-corrected chi connectivity index (χ1v) is 7.45. The lowest BCUT2D eigenvalue weighted by molar-refractivity contribution is 0.570. The summed E-state index contributed by atoms with van der Waals surface area (Å²) in [7, 11) is 0. The fourth-order valence-corrected chi connectivity index (χ4v) is 2.37. The molecular weight excluding hydrogens is 316 g/mol. The molecule has 0 heterocycles. The molecule has 1 aromatic carbocycles. The van der Waals surface area contributed by atoms with Crippen molar-refractivity contribution in [3.05, 3.63) is 28.2 Å². The van der Waals surface area contributed by atoms with Crippen molar-refractivity contribution >= 4 is 21.6 Å². The molecule has 0 bridgehead atoms. The van der Waals surface area contributed by atoms with E-state index in [-0.39, 0.29) is 19.1 Å². The molecule has 5 heteroatoms. The molecule has 1 aromatic rings. The highest BCUT2D eigenvalue weighted by atomic mass is 79.9. The van der Waals surface area contributed by atoms with Crippen LogP contribution in [0, 0.1) is 22.7 Å². The third kappa shape index (κ3) is 4.52. The fourth-order valence-electron chi connectivity index (χ4n) is 2.02. The van der Waals surface area contributed by atoms with Crippen LogP contribution < -0.4 is 10.2 Å². The molecule has 1 rings (SSSR count). The van der Waals surface area contributed by atoms with E-state index in [0.717, 1.165) is 28.7 Å². The van der Waals surface area contributed by atoms with Crippen molar-refractivity contribution in [2.24, 2.45) is 0 Å². The van der Waals surface area contributed by atoms with E-state index in [4.69, 9.17) is 10.5 Å². The summed E-state index contributed by atoms with van der Waals surface area (Å²) in [6.07, 6.45) is 1.07. The molecule has 0 aromatic heterocycles. The van der Waals surface area contributed by atoms with Crippen molar-refractivity contribution < 1.29 is 0 Å². The second-order valence-electron chi connectivity index (χ2n) is 4.55. The van der Waals surface area contributed by atoms with Crippen LogP contribution in [-0.2, 0) is 0 Å². The summed E-state index contributed by atoms with van der Waals surface area (Å²) in [6.45, 7) is 5.57. The van der Waals surface area contributed by atoms with Gasteiger partial charge in [0.1, 0.15) is 13.1 Å². The monoisotopic (exact) mass is 334 g/mol. The van der Waals surface area contributed by atoms with Crippen molar-refractivity contribution in [1.29, 1.82) is 10.5 Å². The Bertz CT molecular complexity index is 500. The smallest absolute Gasteiger partial charge is 0.106 e. The van der Waals surface area contributed by atoms with Crippen molar-refractivity contribution in [2.45, 2.75) is 26.3 Å². The number of rotatable bonds is 7. The standard InChI is InChI=1S/C15H19BrN4/c1-3-8-19-12(2)14-5-4-13(16)11-15(14)20(9-6-17)10-7-18/h4-5,11-12,19H,3,8-10H2,1-2H3. The maximum absolute atomic E-state index is 8.94. The number of nitriles is 2. The molecule has 0 saturated heterocycles. The Morgan fingerprint density at radius 3 is 2.50 bits per heavy atom. The van der Waals surface area contributed by atoms with Crippen LogP contribution in [-0.4, -0.2) is 19.6 Å². The van der Waals surface area contributed by atoms with Gasteiger partial charge < -0.3 is 10.2 Å². The highest BCUT2D eigenvalue weighted by molar-refractivity contribution is 9.10. The van der Waals surface area contributed by atoms with Gasteiger partial charge in [0.2, 0.25) is 0 Å². The lowest BCUT2D eigenvalue weighted by Gasteiger charge is -2.25. The number of nitrogens with one attached hydrogen (secondary N) is 1. The van der Waals surface area contributed by atoms with Gasteiger partial charge in [0.05, 0.1) is 12.1 Å². The predicted molar refractivity (Wildman–Crippen MR) is 84.3 cm³/mol. The van der Waals surface area contributed by atoms with E-state index in [1.165, 1.54) is 0 Å². The van der Waals surface area contributed by atoms with Crippen LogP contribution in [0.2, 0.25) is 0 Å². The molecule has 0 radical (unpaired) electrons. The number of hydrogen-bond donors (Lipinski definition) is 1. The summed E-state index contributed by atoms with van der Waals surface area (Å²) in [5.74, 6) is 0. The van der Waals surface area contributed by atoms with Crippen molar-refractivity contribution in [3.8, 4) is 12.1 Å². The first-order chi connectivity index (χ1) is 9.63. The first-order valence-electron chi connectivity index (χ1n) is 6.65. The highest BCUT2D eigenvalue weighted by Crippen LogP contribution is 2.29. The molecule has 0 fully saturated rings. The number of benzene rings is 1. The van der Waals surface area contributed by atoms with Gasteiger partial charge in [-0.15, -0.1) is 0 Å². The average molecular weight is 335 g/mol. The van der Waals surface area contributed by atoms with Crippen LogP contribution in [0.25, 0.3) is 0 Å². The third-order valence-electron chi connectivity index (χ3n) is 3.02. The summed E-state index contributed by atoms with van der Waals surface area (Å²) in [5.41, 5.74) is 2.03. The maximum atomic E-state index is 8.94. The fraction of sp³-hybridized carbons (Fsp3) is 0.467. The summed E-state index contributed by atoms with van der Waals surface area (Å²) in [4.78, 5) is 1.80. The topological polar surface area (TPSA) is 62.9 Å². The largest absolute Gasteiger partial charge is 0.345 e. The minimum atomic E-state index is 0.179. The molecule has 1 N–H and O–H groups in total. The Morgan fingerprint density at radius 1 is 1.30 bits per heavy atom. The van der Waals surface area contributed by atoms with E-state index < -0.39 is 0 Å². The van der Waals surface area contributed by atoms with E-state index in [0.29, 0.717) is 0 Å². The van der Waals surface area contributed by atoms with Crippen molar-refractivity contribution in [3.63, 3.8) is 0 Å². The number of anilines is 1. The lowest BCUT2D eigenvalue weighted by Crippen LogP contribution is -2.27. The van der Waals surface area contributed by atoms with Crippen LogP contribution in [0.3, 0.4) is 0 Å². The van der Waals surface area contributed by atoms with Gasteiger partial charge >= 0.3 is 0 Å². The second kappa shape index (κ2) is 8.58. The van der Waals surface area contributed by atoms with Gasteiger partial charge in [-0.05, 0) is 37.6 Å². The number of halogens is 1. The minimum Gasteiger partial charge on any atom is -0.345 e. The molecular formula is C15H19BrN4. The SMILES string of the molecule is CCCNC(C)c1ccc(Br)cc1N(CC#N)CC#N. The Hall–Kier alpha value is -1.56. The molecule has 1 atom stereocenters.